The van der Waals surface area contributed by atoms with Gasteiger partial charge in [0.2, 0.25) is 5.91 Å². The van der Waals surface area contributed by atoms with Crippen molar-refractivity contribution in [3.05, 3.63) is 0 Å². The van der Waals surface area contributed by atoms with Gasteiger partial charge < -0.3 is 10.6 Å². The molecule has 2 N–H and O–H groups in total. The Balaban J connectivity index is 1.59. The lowest BCUT2D eigenvalue weighted by Gasteiger charge is -2.39. The van der Waals surface area contributed by atoms with Crippen LogP contribution in [0.4, 0.5) is 0 Å². The van der Waals surface area contributed by atoms with Crippen molar-refractivity contribution in [3.8, 4) is 0 Å². The molecule has 0 radical (unpaired) electrons. The van der Waals surface area contributed by atoms with Gasteiger partial charge in [0.15, 0.2) is 0 Å². The number of nitrogens with two attached hydrogens (primary N) is 1. The van der Waals surface area contributed by atoms with Gasteiger partial charge in [0.05, 0.1) is 5.54 Å². The van der Waals surface area contributed by atoms with Gasteiger partial charge in [-0.05, 0) is 55.8 Å². The third kappa shape index (κ3) is 2.61. The molecule has 2 bridgehead atoms. The fourth-order valence-electron chi connectivity index (χ4n) is 5.20. The second-order valence-corrected chi connectivity index (χ2v) is 7.98. The SMILES string of the molecule is CC1CCCC(N)(C(=O)N(C)CC2CC3CCC2C3)C1. The zero-order chi connectivity index (χ0) is 14.3. The molecule has 114 valence electrons. The molecule has 0 aromatic carbocycles. The van der Waals surface area contributed by atoms with Gasteiger partial charge in [-0.3, -0.25) is 4.79 Å². The summed E-state index contributed by atoms with van der Waals surface area (Å²) < 4.78 is 0. The molecule has 0 saturated heterocycles. The zero-order valence-corrected chi connectivity index (χ0v) is 13.1. The second-order valence-electron chi connectivity index (χ2n) is 7.98. The predicted molar refractivity (Wildman–Crippen MR) is 81.1 cm³/mol. The van der Waals surface area contributed by atoms with Gasteiger partial charge in [0, 0.05) is 13.6 Å². The minimum atomic E-state index is -0.579. The monoisotopic (exact) mass is 278 g/mol. The average Bonchev–Trinajstić information content (AvgIpc) is 2.99. The number of carbonyl (C=O) groups excluding carboxylic acids is 1. The lowest BCUT2D eigenvalue weighted by atomic mass is 9.76. The van der Waals surface area contributed by atoms with E-state index >= 15 is 0 Å². The molecule has 0 aliphatic heterocycles. The van der Waals surface area contributed by atoms with Crippen LogP contribution in [0.3, 0.4) is 0 Å². The molecule has 5 atom stereocenters. The minimum absolute atomic E-state index is 0.201. The Labute approximate surface area is 123 Å². The summed E-state index contributed by atoms with van der Waals surface area (Å²) in [4.78, 5) is 14.7. The van der Waals surface area contributed by atoms with E-state index in [4.69, 9.17) is 5.73 Å². The molecule has 5 unspecified atom stereocenters. The van der Waals surface area contributed by atoms with Gasteiger partial charge in [-0.2, -0.15) is 0 Å². The molecule has 1 amide bonds. The number of rotatable bonds is 3. The van der Waals surface area contributed by atoms with Crippen LogP contribution >= 0.6 is 0 Å². The van der Waals surface area contributed by atoms with Crippen molar-refractivity contribution in [2.75, 3.05) is 13.6 Å². The van der Waals surface area contributed by atoms with Crippen LogP contribution in [0.25, 0.3) is 0 Å². The van der Waals surface area contributed by atoms with Gasteiger partial charge in [0.25, 0.3) is 0 Å². The highest BCUT2D eigenvalue weighted by molar-refractivity contribution is 5.86. The average molecular weight is 278 g/mol. The van der Waals surface area contributed by atoms with E-state index in [0.29, 0.717) is 5.92 Å². The van der Waals surface area contributed by atoms with E-state index in [1.54, 1.807) is 0 Å². The van der Waals surface area contributed by atoms with Crippen LogP contribution in [0.1, 0.15) is 58.3 Å². The molecule has 0 aromatic rings. The number of nitrogens with zero attached hydrogens (tertiary/aromatic N) is 1. The predicted octanol–water partition coefficient (Wildman–Crippen LogP) is 2.79. The highest BCUT2D eigenvalue weighted by Gasteiger charge is 2.43. The molecule has 0 heterocycles. The van der Waals surface area contributed by atoms with E-state index in [1.165, 1.54) is 32.1 Å². The lowest BCUT2D eigenvalue weighted by Crippen LogP contribution is -2.57. The Morgan fingerprint density at radius 3 is 2.70 bits per heavy atom. The fraction of sp³-hybridized carbons (Fsp3) is 0.941. The summed E-state index contributed by atoms with van der Waals surface area (Å²) in [5.41, 5.74) is 5.87. The van der Waals surface area contributed by atoms with Crippen molar-refractivity contribution in [2.24, 2.45) is 29.4 Å². The molecule has 20 heavy (non-hydrogen) atoms. The third-order valence-corrected chi connectivity index (χ3v) is 6.20. The summed E-state index contributed by atoms with van der Waals surface area (Å²) in [6, 6.07) is 0. The lowest BCUT2D eigenvalue weighted by molar-refractivity contribution is -0.138. The first kappa shape index (κ1) is 14.4. The molecule has 3 fully saturated rings. The summed E-state index contributed by atoms with van der Waals surface area (Å²) in [5, 5.41) is 0. The number of carbonyl (C=O) groups is 1. The van der Waals surface area contributed by atoms with Crippen molar-refractivity contribution in [1.29, 1.82) is 0 Å². The van der Waals surface area contributed by atoms with Gasteiger partial charge in [0.1, 0.15) is 0 Å². The topological polar surface area (TPSA) is 46.3 Å². The van der Waals surface area contributed by atoms with Gasteiger partial charge >= 0.3 is 0 Å². The highest BCUT2D eigenvalue weighted by Crippen LogP contribution is 2.48. The minimum Gasteiger partial charge on any atom is -0.344 e. The summed E-state index contributed by atoms with van der Waals surface area (Å²) in [5.74, 6) is 3.37. The number of fused-ring (bicyclic) bond motifs is 2. The van der Waals surface area contributed by atoms with E-state index in [9.17, 15) is 4.79 Å². The zero-order valence-electron chi connectivity index (χ0n) is 13.1. The van der Waals surface area contributed by atoms with E-state index in [0.717, 1.165) is 43.6 Å². The molecule has 3 saturated carbocycles. The van der Waals surface area contributed by atoms with Crippen molar-refractivity contribution in [1.82, 2.24) is 4.90 Å². The third-order valence-electron chi connectivity index (χ3n) is 6.20. The number of hydrogen-bond donors (Lipinski definition) is 1. The Bertz CT molecular complexity index is 383. The molecule has 3 heteroatoms. The maximum absolute atomic E-state index is 12.8. The van der Waals surface area contributed by atoms with Gasteiger partial charge in [-0.15, -0.1) is 0 Å². The normalized spacial score (nSPS) is 43.8. The summed E-state index contributed by atoms with van der Waals surface area (Å²) in [7, 11) is 1.97. The van der Waals surface area contributed by atoms with Crippen LogP contribution in [0.15, 0.2) is 0 Å². The van der Waals surface area contributed by atoms with Crippen LogP contribution in [0, 0.1) is 23.7 Å². The van der Waals surface area contributed by atoms with E-state index in [2.05, 4.69) is 6.92 Å². The first-order chi connectivity index (χ1) is 9.48. The highest BCUT2D eigenvalue weighted by atomic mass is 16.2. The molecular weight excluding hydrogens is 248 g/mol. The van der Waals surface area contributed by atoms with Gasteiger partial charge in [-0.1, -0.05) is 26.2 Å². The number of amides is 1. The van der Waals surface area contributed by atoms with Crippen molar-refractivity contribution >= 4 is 5.91 Å². The molecule has 3 rings (SSSR count). The fourth-order valence-corrected chi connectivity index (χ4v) is 5.20. The largest absolute Gasteiger partial charge is 0.344 e. The molecular formula is C17H30N2O. The molecule has 0 aromatic heterocycles. The maximum atomic E-state index is 12.8. The Kier molecular flexibility index (Phi) is 3.83. The second kappa shape index (κ2) is 5.32. The van der Waals surface area contributed by atoms with Crippen LogP contribution < -0.4 is 5.73 Å². The van der Waals surface area contributed by atoms with E-state index < -0.39 is 5.54 Å². The van der Waals surface area contributed by atoms with Crippen molar-refractivity contribution < 1.29 is 4.79 Å². The Hall–Kier alpha value is -0.570. The first-order valence-corrected chi connectivity index (χ1v) is 8.52. The molecule has 0 spiro atoms. The van der Waals surface area contributed by atoms with Crippen LogP contribution in [-0.4, -0.2) is 29.9 Å². The Morgan fingerprint density at radius 1 is 1.30 bits per heavy atom. The van der Waals surface area contributed by atoms with Crippen LogP contribution in [-0.2, 0) is 4.79 Å². The standard InChI is InChI=1S/C17H30N2O/c1-12-4-3-7-17(18,10-12)16(20)19(2)11-15-9-13-5-6-14(15)8-13/h12-15H,3-11,18H2,1-2H3. The van der Waals surface area contributed by atoms with Crippen molar-refractivity contribution in [2.45, 2.75) is 63.8 Å². The number of hydrogen-bond acceptors (Lipinski definition) is 2. The molecule has 3 aliphatic rings. The Morgan fingerprint density at radius 2 is 2.10 bits per heavy atom. The smallest absolute Gasteiger partial charge is 0.242 e. The van der Waals surface area contributed by atoms with Crippen LogP contribution in [0.2, 0.25) is 0 Å². The van der Waals surface area contributed by atoms with Crippen molar-refractivity contribution in [3.63, 3.8) is 0 Å². The van der Waals surface area contributed by atoms with Crippen LogP contribution in [0.5, 0.6) is 0 Å². The maximum Gasteiger partial charge on any atom is 0.242 e. The summed E-state index contributed by atoms with van der Waals surface area (Å²) >= 11 is 0. The summed E-state index contributed by atoms with van der Waals surface area (Å²) in [6.07, 6.45) is 9.64. The summed E-state index contributed by atoms with van der Waals surface area (Å²) in [6.45, 7) is 3.16. The molecule has 3 aliphatic carbocycles. The first-order valence-electron chi connectivity index (χ1n) is 8.52. The van der Waals surface area contributed by atoms with Gasteiger partial charge in [-0.25, -0.2) is 0 Å². The van der Waals surface area contributed by atoms with E-state index in [-0.39, 0.29) is 5.91 Å². The molecule has 3 nitrogen and oxygen atoms in total. The quantitative estimate of drug-likeness (QED) is 0.863. The van der Waals surface area contributed by atoms with E-state index in [1.807, 2.05) is 11.9 Å². The number of likely N-dealkylation sites (N-methyl/N-ethyl adjacent to an activating group) is 1.